The van der Waals surface area contributed by atoms with Crippen LogP contribution in [0, 0.1) is 0 Å². The molecule has 1 aliphatic carbocycles. The number of anilines is 4. The summed E-state index contributed by atoms with van der Waals surface area (Å²) < 4.78 is 0. The minimum absolute atomic E-state index is 0.0346. The van der Waals surface area contributed by atoms with Crippen LogP contribution in [-0.4, -0.2) is 48.0 Å². The zero-order chi connectivity index (χ0) is 25.0. The highest BCUT2D eigenvalue weighted by Crippen LogP contribution is 2.47. The second kappa shape index (κ2) is 8.75. The average Bonchev–Trinajstić information content (AvgIpc) is 3.68. The summed E-state index contributed by atoms with van der Waals surface area (Å²) in [6, 6.07) is 12.5. The molecule has 1 amide bonds. The molecule has 0 radical (unpaired) electrons. The van der Waals surface area contributed by atoms with Gasteiger partial charge in [0.1, 0.15) is 5.02 Å². The molecule has 1 unspecified atom stereocenters. The van der Waals surface area contributed by atoms with Gasteiger partial charge >= 0.3 is 0 Å². The molecule has 6 rings (SSSR count). The molecule has 1 saturated carbocycles. The first kappa shape index (κ1) is 23.3. The van der Waals surface area contributed by atoms with Gasteiger partial charge in [-0.15, -0.1) is 0 Å². The summed E-state index contributed by atoms with van der Waals surface area (Å²) in [6.07, 6.45) is 5.29. The number of carbonyl (C=O) groups is 1. The first-order chi connectivity index (χ1) is 17.4. The largest absolute Gasteiger partial charge is 0.358 e. The van der Waals surface area contributed by atoms with Crippen molar-refractivity contribution >= 4 is 40.6 Å². The summed E-state index contributed by atoms with van der Waals surface area (Å²) in [4.78, 5) is 26.6. The van der Waals surface area contributed by atoms with Crippen molar-refractivity contribution in [2.24, 2.45) is 0 Å². The second-order valence-electron chi connectivity index (χ2n) is 10.5. The highest BCUT2D eigenvalue weighted by Gasteiger charge is 2.45. The van der Waals surface area contributed by atoms with E-state index in [9.17, 15) is 4.79 Å². The van der Waals surface area contributed by atoms with Crippen LogP contribution in [0.2, 0.25) is 5.02 Å². The van der Waals surface area contributed by atoms with Crippen LogP contribution in [0.15, 0.2) is 42.6 Å². The van der Waals surface area contributed by atoms with Gasteiger partial charge in [0.05, 0.1) is 11.6 Å². The van der Waals surface area contributed by atoms with E-state index < -0.39 is 5.41 Å². The van der Waals surface area contributed by atoms with Crippen molar-refractivity contribution in [3.05, 3.63) is 69.9 Å². The maximum Gasteiger partial charge on any atom is 0.232 e. The molecule has 8 heteroatoms. The van der Waals surface area contributed by atoms with Gasteiger partial charge in [0, 0.05) is 38.1 Å². The van der Waals surface area contributed by atoms with E-state index in [2.05, 4.69) is 39.7 Å². The van der Waals surface area contributed by atoms with E-state index >= 15 is 0 Å². The van der Waals surface area contributed by atoms with Crippen LogP contribution in [0.4, 0.5) is 23.1 Å². The SMILES string of the molecule is CNC(=O)C1(C)CN(c2nc(Nc3cc4c(c(C5CC5)c3)CCN(C)C4)ncc2Cl)c2ccccc21. The Morgan fingerprint density at radius 1 is 1.22 bits per heavy atom. The molecular formula is C28H31ClN6O. The quantitative estimate of drug-likeness (QED) is 0.517. The van der Waals surface area contributed by atoms with Crippen molar-refractivity contribution < 1.29 is 4.79 Å². The highest BCUT2D eigenvalue weighted by atomic mass is 35.5. The van der Waals surface area contributed by atoms with Crippen LogP contribution in [0.25, 0.3) is 0 Å². The molecule has 7 nitrogen and oxygen atoms in total. The summed E-state index contributed by atoms with van der Waals surface area (Å²) >= 11 is 6.64. The number of nitrogens with zero attached hydrogens (tertiary/aromatic N) is 4. The van der Waals surface area contributed by atoms with E-state index in [1.165, 1.54) is 29.5 Å². The van der Waals surface area contributed by atoms with Crippen LogP contribution in [0.1, 0.15) is 47.9 Å². The smallest absolute Gasteiger partial charge is 0.232 e. The molecule has 0 saturated heterocycles. The molecule has 3 aliphatic rings. The molecule has 2 aromatic carbocycles. The molecule has 1 atom stereocenters. The van der Waals surface area contributed by atoms with Gasteiger partial charge in [-0.1, -0.05) is 29.8 Å². The lowest BCUT2D eigenvalue weighted by Gasteiger charge is -2.28. The van der Waals surface area contributed by atoms with Gasteiger partial charge in [0.15, 0.2) is 5.82 Å². The predicted octanol–water partition coefficient (Wildman–Crippen LogP) is 4.89. The Morgan fingerprint density at radius 3 is 2.81 bits per heavy atom. The number of benzene rings is 2. The average molecular weight is 503 g/mol. The van der Waals surface area contributed by atoms with Crippen molar-refractivity contribution in [2.75, 3.05) is 37.4 Å². The summed E-state index contributed by atoms with van der Waals surface area (Å²) in [6.45, 7) is 4.47. The molecule has 3 aromatic rings. The van der Waals surface area contributed by atoms with E-state index in [0.717, 1.165) is 36.4 Å². The van der Waals surface area contributed by atoms with Crippen molar-refractivity contribution in [3.8, 4) is 0 Å². The van der Waals surface area contributed by atoms with Gasteiger partial charge in [-0.25, -0.2) is 4.98 Å². The van der Waals surface area contributed by atoms with E-state index in [1.54, 1.807) is 13.2 Å². The van der Waals surface area contributed by atoms with Gasteiger partial charge < -0.3 is 20.4 Å². The van der Waals surface area contributed by atoms with E-state index in [0.29, 0.717) is 29.3 Å². The van der Waals surface area contributed by atoms with Crippen molar-refractivity contribution in [3.63, 3.8) is 0 Å². The fourth-order valence-electron chi connectivity index (χ4n) is 5.76. The van der Waals surface area contributed by atoms with E-state index in [4.69, 9.17) is 16.6 Å². The van der Waals surface area contributed by atoms with Gasteiger partial charge in [-0.05, 0) is 79.6 Å². The van der Waals surface area contributed by atoms with Gasteiger partial charge in [0.2, 0.25) is 11.9 Å². The number of amides is 1. The Bertz CT molecular complexity index is 1360. The number of hydrogen-bond donors (Lipinski definition) is 2. The molecule has 36 heavy (non-hydrogen) atoms. The fraction of sp³-hybridized carbons (Fsp3) is 0.393. The van der Waals surface area contributed by atoms with Crippen molar-refractivity contribution in [1.29, 1.82) is 0 Å². The summed E-state index contributed by atoms with van der Waals surface area (Å²) in [7, 11) is 3.85. The molecular weight excluding hydrogens is 472 g/mol. The lowest BCUT2D eigenvalue weighted by molar-refractivity contribution is -0.125. The zero-order valence-electron chi connectivity index (χ0n) is 20.9. The zero-order valence-corrected chi connectivity index (χ0v) is 21.7. The molecule has 2 N–H and O–H groups in total. The third-order valence-electron chi connectivity index (χ3n) is 7.81. The first-order valence-electron chi connectivity index (χ1n) is 12.6. The number of fused-ring (bicyclic) bond motifs is 2. The molecule has 0 spiro atoms. The molecule has 0 bridgehead atoms. The van der Waals surface area contributed by atoms with Gasteiger partial charge in [-0.2, -0.15) is 4.98 Å². The maximum atomic E-state index is 12.9. The lowest BCUT2D eigenvalue weighted by atomic mass is 9.83. The van der Waals surface area contributed by atoms with E-state index in [1.807, 2.05) is 36.1 Å². The minimum Gasteiger partial charge on any atom is -0.358 e. The summed E-state index contributed by atoms with van der Waals surface area (Å²) in [5.41, 5.74) is 6.59. The van der Waals surface area contributed by atoms with Crippen LogP contribution < -0.4 is 15.5 Å². The number of halogens is 1. The van der Waals surface area contributed by atoms with Crippen LogP contribution >= 0.6 is 11.6 Å². The number of rotatable bonds is 5. The van der Waals surface area contributed by atoms with Crippen LogP contribution in [0.5, 0.6) is 0 Å². The second-order valence-corrected chi connectivity index (χ2v) is 10.9. The Kier molecular flexibility index (Phi) is 5.65. The Labute approximate surface area is 216 Å². The van der Waals surface area contributed by atoms with Crippen molar-refractivity contribution in [1.82, 2.24) is 20.2 Å². The third-order valence-corrected chi connectivity index (χ3v) is 8.07. The fourth-order valence-corrected chi connectivity index (χ4v) is 5.96. The normalized spacial score (nSPS) is 21.2. The minimum atomic E-state index is -0.711. The number of likely N-dealkylation sites (N-methyl/N-ethyl adjacent to an activating group) is 2. The lowest BCUT2D eigenvalue weighted by Crippen LogP contribution is -2.43. The molecule has 186 valence electrons. The third kappa shape index (κ3) is 3.91. The maximum absolute atomic E-state index is 12.9. The monoisotopic (exact) mass is 502 g/mol. The number of hydrogen-bond acceptors (Lipinski definition) is 6. The van der Waals surface area contributed by atoms with Gasteiger partial charge in [0.25, 0.3) is 0 Å². The Hall–Kier alpha value is -3.16. The van der Waals surface area contributed by atoms with Gasteiger partial charge in [-0.3, -0.25) is 4.79 Å². The number of aromatic nitrogens is 2. The Morgan fingerprint density at radius 2 is 2.03 bits per heavy atom. The standard InChI is InChI=1S/C28H31ClN6O/c1-28(26(36)30-2)16-35(24-7-5-4-6-22(24)28)25-23(29)14-31-27(33-25)32-19-12-18-15-34(3)11-10-20(18)21(13-19)17-8-9-17/h4-7,12-14,17H,8-11,15-16H2,1-3H3,(H,30,36)(H,31,32,33). The van der Waals surface area contributed by atoms with Crippen LogP contribution in [-0.2, 0) is 23.2 Å². The van der Waals surface area contributed by atoms with Crippen molar-refractivity contribution in [2.45, 2.75) is 44.1 Å². The first-order valence-corrected chi connectivity index (χ1v) is 13.0. The predicted molar refractivity (Wildman–Crippen MR) is 144 cm³/mol. The number of nitrogens with one attached hydrogen (secondary N) is 2. The number of para-hydroxylation sites is 1. The topological polar surface area (TPSA) is 73.4 Å². The summed E-state index contributed by atoms with van der Waals surface area (Å²) in [5, 5.41) is 6.72. The molecule has 2 aliphatic heterocycles. The van der Waals surface area contributed by atoms with E-state index in [-0.39, 0.29) is 5.91 Å². The molecule has 1 fully saturated rings. The molecule has 3 heterocycles. The van der Waals surface area contributed by atoms with Crippen LogP contribution in [0.3, 0.4) is 0 Å². The number of carbonyl (C=O) groups excluding carboxylic acids is 1. The molecule has 1 aromatic heterocycles. The summed E-state index contributed by atoms with van der Waals surface area (Å²) in [5.74, 6) is 1.72. The highest BCUT2D eigenvalue weighted by molar-refractivity contribution is 6.33. The Balaban J connectivity index is 1.35.